The van der Waals surface area contributed by atoms with Crippen LogP contribution in [0.2, 0.25) is 0 Å². The van der Waals surface area contributed by atoms with Gasteiger partial charge >= 0.3 is 5.97 Å². The summed E-state index contributed by atoms with van der Waals surface area (Å²) in [6.07, 6.45) is 0.0328. The fraction of sp³-hybridized carbons (Fsp3) is 0.353. The number of halogens is 1. The van der Waals surface area contributed by atoms with Crippen LogP contribution in [-0.4, -0.2) is 42.5 Å². The van der Waals surface area contributed by atoms with E-state index in [4.69, 9.17) is 9.47 Å². The van der Waals surface area contributed by atoms with Gasteiger partial charge in [0.1, 0.15) is 0 Å². The molecular weight excluding hydrogens is 347 g/mol. The average molecular weight is 366 g/mol. The van der Waals surface area contributed by atoms with Gasteiger partial charge in [-0.2, -0.15) is 0 Å². The predicted molar refractivity (Wildman–Crippen MR) is 90.9 cm³/mol. The van der Waals surface area contributed by atoms with Crippen LogP contribution in [0.5, 0.6) is 5.75 Å². The molecule has 0 aliphatic heterocycles. The molecule has 1 aromatic heterocycles. The molecule has 0 fully saturated rings. The highest BCUT2D eigenvalue weighted by Crippen LogP contribution is 2.18. The summed E-state index contributed by atoms with van der Waals surface area (Å²) in [5, 5.41) is 2.65. The smallest absolute Gasteiger partial charge is 0.312 e. The molecule has 2 aromatic rings. The third-order valence-electron chi connectivity index (χ3n) is 3.41. The second-order valence-electron chi connectivity index (χ2n) is 5.41. The van der Waals surface area contributed by atoms with Gasteiger partial charge in [-0.1, -0.05) is 6.07 Å². The number of thiazole rings is 1. The van der Waals surface area contributed by atoms with Crippen molar-refractivity contribution in [3.05, 3.63) is 45.7 Å². The zero-order valence-electron chi connectivity index (χ0n) is 14.2. The molecule has 2 rings (SSSR count). The van der Waals surface area contributed by atoms with Gasteiger partial charge in [0.2, 0.25) is 0 Å². The minimum absolute atomic E-state index is 0.0328. The Labute approximate surface area is 149 Å². The van der Waals surface area contributed by atoms with Crippen LogP contribution >= 0.6 is 11.3 Å². The molecule has 134 valence electrons. The number of carbonyl (C=O) groups excluding carboxylic acids is 2. The van der Waals surface area contributed by atoms with Crippen molar-refractivity contribution in [2.75, 3.05) is 20.8 Å². The lowest BCUT2D eigenvalue weighted by molar-refractivity contribution is -0.151. The van der Waals surface area contributed by atoms with Gasteiger partial charge in [-0.05, 0) is 24.6 Å². The predicted octanol–water partition coefficient (Wildman–Crippen LogP) is 2.34. The zero-order chi connectivity index (χ0) is 18.4. The number of rotatable bonds is 7. The first kappa shape index (κ1) is 18.9. The standard InChI is InChI=1S/C17H19FN2O4S/c1-11-19-13(10-25-11)7-17(22)24-9-16(21)20(2)8-12-4-5-15(23-3)14(18)6-12/h4-6,10H,7-9H2,1-3H3. The minimum Gasteiger partial charge on any atom is -0.494 e. The van der Waals surface area contributed by atoms with Crippen LogP contribution in [0.1, 0.15) is 16.3 Å². The maximum atomic E-state index is 13.7. The molecule has 0 radical (unpaired) electrons. The number of methoxy groups -OCH3 is 1. The number of carbonyl (C=O) groups is 2. The quantitative estimate of drug-likeness (QED) is 0.704. The Morgan fingerprint density at radius 3 is 2.72 bits per heavy atom. The third-order valence-corrected chi connectivity index (χ3v) is 4.23. The SMILES string of the molecule is COc1ccc(CN(C)C(=O)COC(=O)Cc2csc(C)n2)cc1F. The van der Waals surface area contributed by atoms with Crippen LogP contribution in [0.25, 0.3) is 0 Å². The van der Waals surface area contributed by atoms with E-state index in [0.717, 1.165) is 5.01 Å². The number of hydrogen-bond donors (Lipinski definition) is 0. The molecule has 0 N–H and O–H groups in total. The van der Waals surface area contributed by atoms with Crippen molar-refractivity contribution in [1.82, 2.24) is 9.88 Å². The number of ether oxygens (including phenoxy) is 2. The normalized spacial score (nSPS) is 10.4. The van der Waals surface area contributed by atoms with Crippen molar-refractivity contribution in [1.29, 1.82) is 0 Å². The van der Waals surface area contributed by atoms with E-state index in [9.17, 15) is 14.0 Å². The Morgan fingerprint density at radius 2 is 2.12 bits per heavy atom. The first-order valence-electron chi connectivity index (χ1n) is 7.52. The number of nitrogens with zero attached hydrogens (tertiary/aromatic N) is 2. The lowest BCUT2D eigenvalue weighted by atomic mass is 10.2. The zero-order valence-corrected chi connectivity index (χ0v) is 15.1. The number of amides is 1. The maximum absolute atomic E-state index is 13.7. The van der Waals surface area contributed by atoms with Crippen LogP contribution in [0.4, 0.5) is 4.39 Å². The van der Waals surface area contributed by atoms with Crippen molar-refractivity contribution in [3.8, 4) is 5.75 Å². The average Bonchev–Trinajstić information content (AvgIpc) is 2.97. The van der Waals surface area contributed by atoms with E-state index in [1.165, 1.54) is 35.5 Å². The van der Waals surface area contributed by atoms with Crippen molar-refractivity contribution in [2.24, 2.45) is 0 Å². The van der Waals surface area contributed by atoms with E-state index in [2.05, 4.69) is 4.98 Å². The topological polar surface area (TPSA) is 68.7 Å². The summed E-state index contributed by atoms with van der Waals surface area (Å²) in [6, 6.07) is 4.47. The summed E-state index contributed by atoms with van der Waals surface area (Å²) in [4.78, 5) is 29.3. The molecule has 0 aliphatic rings. The molecule has 1 heterocycles. The largest absolute Gasteiger partial charge is 0.494 e. The Balaban J connectivity index is 1.81. The second-order valence-corrected chi connectivity index (χ2v) is 6.48. The van der Waals surface area contributed by atoms with Gasteiger partial charge in [-0.15, -0.1) is 11.3 Å². The molecule has 0 atom stereocenters. The van der Waals surface area contributed by atoms with Crippen LogP contribution < -0.4 is 4.74 Å². The molecule has 0 saturated heterocycles. The van der Waals surface area contributed by atoms with E-state index in [1.54, 1.807) is 18.5 Å². The Hall–Kier alpha value is -2.48. The van der Waals surface area contributed by atoms with Crippen molar-refractivity contribution < 1.29 is 23.5 Å². The summed E-state index contributed by atoms with van der Waals surface area (Å²) in [6.45, 7) is 1.68. The summed E-state index contributed by atoms with van der Waals surface area (Å²) in [7, 11) is 2.94. The van der Waals surface area contributed by atoms with E-state index < -0.39 is 11.8 Å². The first-order chi connectivity index (χ1) is 11.9. The first-order valence-corrected chi connectivity index (χ1v) is 8.40. The Morgan fingerprint density at radius 1 is 1.36 bits per heavy atom. The Bertz CT molecular complexity index is 763. The van der Waals surface area contributed by atoms with Gasteiger partial charge in [0.05, 0.1) is 24.2 Å². The van der Waals surface area contributed by atoms with Crippen LogP contribution in [0.3, 0.4) is 0 Å². The number of aryl methyl sites for hydroxylation is 1. The van der Waals surface area contributed by atoms with E-state index in [1.807, 2.05) is 6.92 Å². The summed E-state index contributed by atoms with van der Waals surface area (Å²) in [5.41, 5.74) is 1.24. The Kier molecular flexibility index (Phi) is 6.46. The highest BCUT2D eigenvalue weighted by molar-refractivity contribution is 7.09. The van der Waals surface area contributed by atoms with Gasteiger partial charge in [0, 0.05) is 19.0 Å². The van der Waals surface area contributed by atoms with Crippen LogP contribution in [0.15, 0.2) is 23.6 Å². The van der Waals surface area contributed by atoms with E-state index in [0.29, 0.717) is 11.3 Å². The lowest BCUT2D eigenvalue weighted by Gasteiger charge is -2.17. The summed E-state index contributed by atoms with van der Waals surface area (Å²) >= 11 is 1.45. The summed E-state index contributed by atoms with van der Waals surface area (Å²) in [5.74, 6) is -1.24. The van der Waals surface area contributed by atoms with Gasteiger partial charge in [0.25, 0.3) is 5.91 Å². The van der Waals surface area contributed by atoms with Gasteiger partial charge in [-0.3, -0.25) is 9.59 Å². The van der Waals surface area contributed by atoms with Crippen molar-refractivity contribution in [3.63, 3.8) is 0 Å². The molecule has 6 nitrogen and oxygen atoms in total. The number of hydrogen-bond acceptors (Lipinski definition) is 6. The van der Waals surface area contributed by atoms with Crippen LogP contribution in [0, 0.1) is 12.7 Å². The van der Waals surface area contributed by atoms with Crippen molar-refractivity contribution >= 4 is 23.2 Å². The van der Waals surface area contributed by atoms with Gasteiger partial charge in [0.15, 0.2) is 18.2 Å². The second kappa shape index (κ2) is 8.57. The highest BCUT2D eigenvalue weighted by Gasteiger charge is 2.14. The number of benzene rings is 1. The van der Waals surface area contributed by atoms with Gasteiger partial charge in [-0.25, -0.2) is 9.37 Å². The molecule has 1 amide bonds. The fourth-order valence-electron chi connectivity index (χ4n) is 2.11. The molecular formula is C17H19FN2O4S. The molecule has 25 heavy (non-hydrogen) atoms. The lowest BCUT2D eigenvalue weighted by Crippen LogP contribution is -2.31. The molecule has 1 aromatic carbocycles. The van der Waals surface area contributed by atoms with E-state index in [-0.39, 0.29) is 31.2 Å². The molecule has 0 unspecified atom stereocenters. The number of aromatic nitrogens is 1. The number of esters is 1. The minimum atomic E-state index is -0.512. The van der Waals surface area contributed by atoms with E-state index >= 15 is 0 Å². The van der Waals surface area contributed by atoms with Crippen molar-refractivity contribution in [2.45, 2.75) is 19.9 Å². The third kappa shape index (κ3) is 5.53. The highest BCUT2D eigenvalue weighted by atomic mass is 32.1. The maximum Gasteiger partial charge on any atom is 0.312 e. The van der Waals surface area contributed by atoms with Gasteiger partial charge < -0.3 is 14.4 Å². The molecule has 0 spiro atoms. The van der Waals surface area contributed by atoms with Crippen LogP contribution in [-0.2, 0) is 27.3 Å². The molecule has 0 saturated carbocycles. The molecule has 8 heteroatoms. The molecule has 0 bridgehead atoms. The molecule has 0 aliphatic carbocycles. The summed E-state index contributed by atoms with van der Waals surface area (Å²) < 4.78 is 23.5. The fourth-order valence-corrected chi connectivity index (χ4v) is 2.72. The number of likely N-dealkylation sites (N-methyl/N-ethyl adjacent to an activating group) is 1. The monoisotopic (exact) mass is 366 g/mol.